The molecule has 26 heavy (non-hydrogen) atoms. The summed E-state index contributed by atoms with van der Waals surface area (Å²) in [4.78, 5) is 33.7. The van der Waals surface area contributed by atoms with Crippen molar-refractivity contribution in [3.8, 4) is 5.75 Å². The minimum Gasteiger partial charge on any atom is -0.506 e. The van der Waals surface area contributed by atoms with E-state index < -0.39 is 22.8 Å². The molecule has 0 aliphatic rings. The second kappa shape index (κ2) is 7.57. The number of fused-ring (bicyclic) bond motifs is 1. The molecule has 0 radical (unpaired) electrons. The van der Waals surface area contributed by atoms with Crippen molar-refractivity contribution in [2.45, 2.75) is 18.6 Å². The Hall–Kier alpha value is -2.87. The quantitative estimate of drug-likeness (QED) is 0.418. The molecule has 3 aromatic rings. The normalized spacial score (nSPS) is 10.8. The van der Waals surface area contributed by atoms with Crippen LogP contribution in [0.15, 0.2) is 46.5 Å². The van der Waals surface area contributed by atoms with Crippen molar-refractivity contribution in [3.63, 3.8) is 0 Å². The largest absolute Gasteiger partial charge is 0.506 e. The summed E-state index contributed by atoms with van der Waals surface area (Å²) in [6.07, 6.45) is 3.22. The van der Waals surface area contributed by atoms with E-state index in [1.807, 2.05) is 36.6 Å². The molecule has 2 heterocycles. The van der Waals surface area contributed by atoms with Gasteiger partial charge in [0, 0.05) is 6.20 Å². The molecule has 0 aliphatic carbocycles. The summed E-state index contributed by atoms with van der Waals surface area (Å²) >= 11 is 1.32. The number of carbonyl (C=O) groups excluding carboxylic acids is 1. The van der Waals surface area contributed by atoms with Crippen LogP contribution in [0.3, 0.4) is 0 Å². The summed E-state index contributed by atoms with van der Waals surface area (Å²) in [6, 6.07) is 9.33. The van der Waals surface area contributed by atoms with E-state index >= 15 is 0 Å². The molecule has 1 N–H and O–H groups in total. The molecule has 0 fully saturated rings. The highest BCUT2D eigenvalue weighted by atomic mass is 32.2. The zero-order chi connectivity index (χ0) is 18.7. The van der Waals surface area contributed by atoms with Gasteiger partial charge in [-0.1, -0.05) is 42.1 Å². The molecule has 3 rings (SSSR count). The Bertz CT molecular complexity index is 1020. The van der Waals surface area contributed by atoms with Gasteiger partial charge in [0.25, 0.3) is 5.56 Å². The molecule has 0 saturated carbocycles. The van der Waals surface area contributed by atoms with Crippen LogP contribution in [-0.2, 0) is 11.3 Å². The molecule has 0 atom stereocenters. The molecule has 0 aliphatic heterocycles. The second-order valence-corrected chi connectivity index (χ2v) is 6.19. The van der Waals surface area contributed by atoms with Gasteiger partial charge in [-0.25, -0.2) is 14.8 Å². The number of aromatic nitrogens is 3. The SMILES string of the molecule is CCOC(=O)c1c(O)c2cnc(SC)nc2n(Cc2ccccc2)c1=O. The molecular formula is C18H17N3O4S. The number of rotatable bonds is 5. The van der Waals surface area contributed by atoms with Gasteiger partial charge in [0.05, 0.1) is 18.5 Å². The number of aromatic hydroxyl groups is 1. The fraction of sp³-hybridized carbons (Fsp3) is 0.222. The van der Waals surface area contributed by atoms with Crippen LogP contribution in [0, 0.1) is 0 Å². The summed E-state index contributed by atoms with van der Waals surface area (Å²) in [6.45, 7) is 1.93. The van der Waals surface area contributed by atoms with Crippen LogP contribution >= 0.6 is 11.8 Å². The lowest BCUT2D eigenvalue weighted by Crippen LogP contribution is -2.29. The fourth-order valence-corrected chi connectivity index (χ4v) is 2.93. The zero-order valence-corrected chi connectivity index (χ0v) is 15.1. The number of pyridine rings is 1. The van der Waals surface area contributed by atoms with Crippen LogP contribution in [0.25, 0.3) is 11.0 Å². The van der Waals surface area contributed by atoms with E-state index in [1.54, 1.807) is 6.92 Å². The zero-order valence-electron chi connectivity index (χ0n) is 14.3. The third-order valence-electron chi connectivity index (χ3n) is 3.80. The highest BCUT2D eigenvalue weighted by Crippen LogP contribution is 2.27. The summed E-state index contributed by atoms with van der Waals surface area (Å²) in [7, 11) is 0. The molecule has 0 spiro atoms. The number of hydrogen-bond donors (Lipinski definition) is 1. The first kappa shape index (κ1) is 17.9. The predicted molar refractivity (Wildman–Crippen MR) is 98.7 cm³/mol. The third kappa shape index (κ3) is 3.28. The predicted octanol–water partition coefficient (Wildman–Crippen LogP) is 2.44. The molecule has 7 nitrogen and oxygen atoms in total. The van der Waals surface area contributed by atoms with Gasteiger partial charge in [0.2, 0.25) is 0 Å². The fourth-order valence-electron chi connectivity index (χ4n) is 2.60. The average molecular weight is 371 g/mol. The number of ether oxygens (including phenoxy) is 1. The van der Waals surface area contributed by atoms with Gasteiger partial charge in [-0.2, -0.15) is 0 Å². The van der Waals surface area contributed by atoms with E-state index in [1.165, 1.54) is 22.5 Å². The smallest absolute Gasteiger partial charge is 0.347 e. The van der Waals surface area contributed by atoms with E-state index in [4.69, 9.17) is 4.74 Å². The van der Waals surface area contributed by atoms with Crippen LogP contribution in [0.4, 0.5) is 0 Å². The summed E-state index contributed by atoms with van der Waals surface area (Å²) in [5.41, 5.74) is 0.0725. The number of nitrogens with zero attached hydrogens (tertiary/aromatic N) is 3. The average Bonchev–Trinajstić information content (AvgIpc) is 2.66. The van der Waals surface area contributed by atoms with E-state index in [2.05, 4.69) is 9.97 Å². The Kier molecular flexibility index (Phi) is 5.22. The van der Waals surface area contributed by atoms with E-state index in [9.17, 15) is 14.7 Å². The molecule has 2 aromatic heterocycles. The lowest BCUT2D eigenvalue weighted by atomic mass is 10.1. The van der Waals surface area contributed by atoms with Crippen LogP contribution in [0.2, 0.25) is 0 Å². The molecule has 0 saturated heterocycles. The second-order valence-electron chi connectivity index (χ2n) is 5.41. The molecule has 1 aromatic carbocycles. The van der Waals surface area contributed by atoms with Crippen molar-refractivity contribution in [2.24, 2.45) is 0 Å². The summed E-state index contributed by atoms with van der Waals surface area (Å²) in [5, 5.41) is 11.2. The maximum absolute atomic E-state index is 13.0. The van der Waals surface area contributed by atoms with Crippen molar-refractivity contribution >= 4 is 28.8 Å². The Morgan fingerprint density at radius 1 is 1.31 bits per heavy atom. The molecular weight excluding hydrogens is 354 g/mol. The molecule has 0 unspecified atom stereocenters. The van der Waals surface area contributed by atoms with Crippen LogP contribution in [0.1, 0.15) is 22.8 Å². The Balaban J connectivity index is 2.31. The first-order valence-corrected chi connectivity index (χ1v) is 9.16. The summed E-state index contributed by atoms with van der Waals surface area (Å²) in [5.74, 6) is -1.33. The van der Waals surface area contributed by atoms with Gasteiger partial charge in [0.15, 0.2) is 16.4 Å². The van der Waals surface area contributed by atoms with Gasteiger partial charge in [-0.05, 0) is 18.7 Å². The molecule has 8 heteroatoms. The van der Waals surface area contributed by atoms with Crippen molar-refractivity contribution < 1.29 is 14.6 Å². The van der Waals surface area contributed by atoms with Crippen LogP contribution < -0.4 is 5.56 Å². The third-order valence-corrected chi connectivity index (χ3v) is 4.36. The Morgan fingerprint density at radius 2 is 2.04 bits per heavy atom. The lowest BCUT2D eigenvalue weighted by Gasteiger charge is -2.14. The van der Waals surface area contributed by atoms with E-state index in [0.717, 1.165) is 5.56 Å². The van der Waals surface area contributed by atoms with E-state index in [-0.39, 0.29) is 24.2 Å². The van der Waals surface area contributed by atoms with Crippen molar-refractivity contribution in [3.05, 3.63) is 58.0 Å². The van der Waals surface area contributed by atoms with E-state index in [0.29, 0.717) is 5.16 Å². The minimum atomic E-state index is -0.868. The number of thioether (sulfide) groups is 1. The Morgan fingerprint density at radius 3 is 2.69 bits per heavy atom. The highest BCUT2D eigenvalue weighted by Gasteiger charge is 2.24. The van der Waals surface area contributed by atoms with Crippen LogP contribution in [0.5, 0.6) is 5.75 Å². The van der Waals surface area contributed by atoms with Crippen molar-refractivity contribution in [1.82, 2.24) is 14.5 Å². The highest BCUT2D eigenvalue weighted by molar-refractivity contribution is 7.98. The first-order valence-electron chi connectivity index (χ1n) is 7.94. The molecule has 0 bridgehead atoms. The van der Waals surface area contributed by atoms with Gasteiger partial charge in [0.1, 0.15) is 5.75 Å². The van der Waals surface area contributed by atoms with Gasteiger partial charge in [-0.15, -0.1) is 0 Å². The van der Waals surface area contributed by atoms with Crippen LogP contribution in [-0.4, -0.2) is 38.5 Å². The van der Waals surface area contributed by atoms with Gasteiger partial charge < -0.3 is 9.84 Å². The topological polar surface area (TPSA) is 94.3 Å². The van der Waals surface area contributed by atoms with Gasteiger partial charge >= 0.3 is 5.97 Å². The standard InChI is InChI=1S/C18H17N3O4S/c1-3-25-17(24)13-14(22)12-9-19-18(26-2)20-15(12)21(16(13)23)10-11-7-5-4-6-8-11/h4-9,22H,3,10H2,1-2H3. The molecule has 134 valence electrons. The number of benzene rings is 1. The van der Waals surface area contributed by atoms with Crippen molar-refractivity contribution in [2.75, 3.05) is 12.9 Å². The monoisotopic (exact) mass is 371 g/mol. The number of carbonyl (C=O) groups is 1. The van der Waals surface area contributed by atoms with Crippen molar-refractivity contribution in [1.29, 1.82) is 0 Å². The lowest BCUT2D eigenvalue weighted by molar-refractivity contribution is 0.0520. The maximum atomic E-state index is 13.0. The number of esters is 1. The molecule has 0 amide bonds. The first-order chi connectivity index (χ1) is 12.6. The Labute approximate surface area is 153 Å². The summed E-state index contributed by atoms with van der Waals surface area (Å²) < 4.78 is 6.29. The maximum Gasteiger partial charge on any atom is 0.347 e. The minimum absolute atomic E-state index is 0.0936. The van der Waals surface area contributed by atoms with Gasteiger partial charge in [-0.3, -0.25) is 9.36 Å². The number of hydrogen-bond acceptors (Lipinski definition) is 7.